The van der Waals surface area contributed by atoms with Gasteiger partial charge in [-0.15, -0.1) is 0 Å². The van der Waals surface area contributed by atoms with Crippen LogP contribution in [0.1, 0.15) is 10.5 Å². The minimum Gasteiger partial charge on any atom is -0.379 e. The van der Waals surface area contributed by atoms with Crippen molar-refractivity contribution < 1.29 is 13.9 Å². The lowest BCUT2D eigenvalue weighted by Gasteiger charge is -2.26. The van der Waals surface area contributed by atoms with Crippen molar-refractivity contribution in [2.24, 2.45) is 0 Å². The molecular weight excluding hydrogens is 371 g/mol. The molecule has 0 radical (unpaired) electrons. The van der Waals surface area contributed by atoms with Gasteiger partial charge in [-0.05, 0) is 30.3 Å². The molecule has 1 aliphatic rings. The predicted octanol–water partition coefficient (Wildman–Crippen LogP) is 2.74. The second kappa shape index (κ2) is 8.98. The molecule has 2 aromatic carbocycles. The third kappa shape index (κ3) is 4.70. The first kappa shape index (κ1) is 19.3. The van der Waals surface area contributed by atoms with Gasteiger partial charge in [-0.2, -0.15) is 5.10 Å². The number of nitrogens with zero attached hydrogens (tertiary/aromatic N) is 3. The Hall–Kier alpha value is -3.03. The molecule has 0 aliphatic carbocycles. The molecule has 1 fully saturated rings. The topological polar surface area (TPSA) is 59.4 Å². The van der Waals surface area contributed by atoms with E-state index in [2.05, 4.69) is 15.3 Å². The molecule has 3 aromatic rings. The lowest BCUT2D eigenvalue weighted by Crippen LogP contribution is -2.41. The summed E-state index contributed by atoms with van der Waals surface area (Å²) in [5.74, 6) is -0.544. The summed E-state index contributed by atoms with van der Waals surface area (Å²) in [7, 11) is 0. The monoisotopic (exact) mass is 394 g/mol. The number of hydrogen-bond donors (Lipinski definition) is 1. The van der Waals surface area contributed by atoms with Crippen molar-refractivity contribution in [3.05, 3.63) is 72.2 Å². The average Bonchev–Trinajstić information content (AvgIpc) is 3.21. The molecule has 0 atom stereocenters. The van der Waals surface area contributed by atoms with Crippen LogP contribution in [0.2, 0.25) is 0 Å². The normalized spacial score (nSPS) is 14.7. The quantitative estimate of drug-likeness (QED) is 0.699. The summed E-state index contributed by atoms with van der Waals surface area (Å²) in [5, 5.41) is 7.58. The summed E-state index contributed by atoms with van der Waals surface area (Å²) in [6.07, 6.45) is 0. The van der Waals surface area contributed by atoms with Gasteiger partial charge in [0.15, 0.2) is 0 Å². The van der Waals surface area contributed by atoms with Gasteiger partial charge < -0.3 is 10.1 Å². The van der Waals surface area contributed by atoms with Crippen molar-refractivity contribution in [3.63, 3.8) is 0 Å². The molecule has 1 saturated heterocycles. The zero-order valence-corrected chi connectivity index (χ0v) is 16.1. The molecule has 0 bridgehead atoms. The number of nitrogens with one attached hydrogen (secondary N) is 1. The molecule has 7 heteroatoms. The highest BCUT2D eigenvalue weighted by atomic mass is 19.1. The summed E-state index contributed by atoms with van der Waals surface area (Å²) in [6, 6.07) is 17.4. The first-order valence-corrected chi connectivity index (χ1v) is 9.70. The Labute approximate surface area is 168 Å². The van der Waals surface area contributed by atoms with Crippen molar-refractivity contribution in [2.45, 2.75) is 0 Å². The number of amides is 1. The van der Waals surface area contributed by atoms with Crippen LogP contribution in [-0.4, -0.2) is 60.0 Å². The molecule has 1 aliphatic heterocycles. The van der Waals surface area contributed by atoms with Gasteiger partial charge in [0.1, 0.15) is 11.5 Å². The number of benzene rings is 2. The second-order valence-corrected chi connectivity index (χ2v) is 6.88. The fraction of sp³-hybridized carbons (Fsp3) is 0.273. The van der Waals surface area contributed by atoms with E-state index in [1.165, 1.54) is 12.1 Å². The highest BCUT2D eigenvalue weighted by Crippen LogP contribution is 2.22. The first-order chi connectivity index (χ1) is 14.2. The number of rotatable bonds is 6. The van der Waals surface area contributed by atoms with Crippen LogP contribution in [0.5, 0.6) is 0 Å². The van der Waals surface area contributed by atoms with Crippen LogP contribution >= 0.6 is 0 Å². The molecule has 4 rings (SSSR count). The molecule has 150 valence electrons. The molecular formula is C22H23FN4O2. The number of hydrogen-bond acceptors (Lipinski definition) is 4. The summed E-state index contributed by atoms with van der Waals surface area (Å²) in [6.45, 7) is 4.51. The fourth-order valence-corrected chi connectivity index (χ4v) is 3.31. The number of morpholine rings is 1. The first-order valence-electron chi connectivity index (χ1n) is 9.70. The van der Waals surface area contributed by atoms with Crippen LogP contribution < -0.4 is 5.32 Å². The average molecular weight is 394 g/mol. The van der Waals surface area contributed by atoms with Crippen molar-refractivity contribution in [3.8, 4) is 16.9 Å². The van der Waals surface area contributed by atoms with Crippen molar-refractivity contribution >= 4 is 5.91 Å². The smallest absolute Gasteiger partial charge is 0.270 e. The Bertz CT molecular complexity index is 951. The van der Waals surface area contributed by atoms with Gasteiger partial charge in [-0.25, -0.2) is 9.07 Å². The van der Waals surface area contributed by atoms with E-state index in [1.54, 1.807) is 22.9 Å². The van der Waals surface area contributed by atoms with E-state index < -0.39 is 0 Å². The van der Waals surface area contributed by atoms with Gasteiger partial charge in [0.25, 0.3) is 5.91 Å². The lowest BCUT2D eigenvalue weighted by molar-refractivity contribution is 0.0383. The van der Waals surface area contributed by atoms with E-state index >= 15 is 0 Å². The van der Waals surface area contributed by atoms with Crippen LogP contribution in [-0.2, 0) is 4.74 Å². The minimum atomic E-state index is -0.333. The highest BCUT2D eigenvalue weighted by Gasteiger charge is 2.18. The van der Waals surface area contributed by atoms with E-state index in [4.69, 9.17) is 4.74 Å². The Morgan fingerprint density at radius 3 is 2.52 bits per heavy atom. The Kier molecular flexibility index (Phi) is 5.97. The fourth-order valence-electron chi connectivity index (χ4n) is 3.31. The van der Waals surface area contributed by atoms with E-state index in [9.17, 15) is 9.18 Å². The number of carbonyl (C=O) groups excluding carboxylic acids is 1. The van der Waals surface area contributed by atoms with Gasteiger partial charge in [-0.3, -0.25) is 9.69 Å². The third-order valence-electron chi connectivity index (χ3n) is 4.90. The highest BCUT2D eigenvalue weighted by molar-refractivity contribution is 5.94. The summed E-state index contributed by atoms with van der Waals surface area (Å²) in [4.78, 5) is 15.2. The zero-order chi connectivity index (χ0) is 20.1. The molecule has 6 nitrogen and oxygen atoms in total. The lowest BCUT2D eigenvalue weighted by atomic mass is 10.1. The van der Waals surface area contributed by atoms with Crippen LogP contribution in [0.4, 0.5) is 4.39 Å². The second-order valence-electron chi connectivity index (χ2n) is 6.88. The van der Waals surface area contributed by atoms with Crippen LogP contribution in [0, 0.1) is 5.82 Å². The summed E-state index contributed by atoms with van der Waals surface area (Å²) in [5.41, 5.74) is 2.65. The number of aromatic nitrogens is 2. The molecule has 0 spiro atoms. The predicted molar refractivity (Wildman–Crippen MR) is 109 cm³/mol. The van der Waals surface area contributed by atoms with Gasteiger partial charge in [0, 0.05) is 31.7 Å². The molecule has 29 heavy (non-hydrogen) atoms. The van der Waals surface area contributed by atoms with E-state index in [-0.39, 0.29) is 11.7 Å². The largest absolute Gasteiger partial charge is 0.379 e. The molecule has 1 amide bonds. The number of carbonyl (C=O) groups is 1. The van der Waals surface area contributed by atoms with Gasteiger partial charge in [-0.1, -0.05) is 30.3 Å². The molecule has 0 saturated carbocycles. The van der Waals surface area contributed by atoms with Crippen LogP contribution in [0.25, 0.3) is 16.9 Å². The van der Waals surface area contributed by atoms with Crippen LogP contribution in [0.3, 0.4) is 0 Å². The maximum atomic E-state index is 13.4. The van der Waals surface area contributed by atoms with E-state index in [1.807, 2.05) is 30.3 Å². The van der Waals surface area contributed by atoms with Crippen LogP contribution in [0.15, 0.2) is 60.7 Å². The summed E-state index contributed by atoms with van der Waals surface area (Å²) >= 11 is 0. The van der Waals surface area contributed by atoms with E-state index in [0.717, 1.165) is 38.4 Å². The zero-order valence-electron chi connectivity index (χ0n) is 16.1. The molecule has 1 aromatic heterocycles. The Morgan fingerprint density at radius 1 is 1.07 bits per heavy atom. The van der Waals surface area contributed by atoms with Gasteiger partial charge >= 0.3 is 0 Å². The van der Waals surface area contributed by atoms with Crippen molar-refractivity contribution in [1.29, 1.82) is 0 Å². The maximum Gasteiger partial charge on any atom is 0.270 e. The molecule has 1 N–H and O–H groups in total. The van der Waals surface area contributed by atoms with Crippen molar-refractivity contribution in [2.75, 3.05) is 39.4 Å². The standard InChI is InChI=1S/C22H23FN4O2/c23-18-6-8-19(9-7-18)27-21(16-20(25-27)17-4-2-1-3-5-17)22(28)24-10-11-26-12-14-29-15-13-26/h1-9,16H,10-15H2,(H,24,28). The number of ether oxygens (including phenoxy) is 1. The maximum absolute atomic E-state index is 13.4. The van der Waals surface area contributed by atoms with Gasteiger partial charge in [0.05, 0.1) is 24.6 Å². The Balaban J connectivity index is 1.55. The SMILES string of the molecule is O=C(NCCN1CCOCC1)c1cc(-c2ccccc2)nn1-c1ccc(F)cc1. The summed E-state index contributed by atoms with van der Waals surface area (Å²) < 4.78 is 20.3. The molecule has 2 heterocycles. The van der Waals surface area contributed by atoms with E-state index in [0.29, 0.717) is 23.6 Å². The molecule has 0 unspecified atom stereocenters. The van der Waals surface area contributed by atoms with Crippen molar-refractivity contribution in [1.82, 2.24) is 20.0 Å². The van der Waals surface area contributed by atoms with Gasteiger partial charge in [0.2, 0.25) is 0 Å². The Morgan fingerprint density at radius 2 is 1.79 bits per heavy atom. The minimum absolute atomic E-state index is 0.211. The number of halogens is 1. The third-order valence-corrected chi connectivity index (χ3v) is 4.90.